The quantitative estimate of drug-likeness (QED) is 0.661. The summed E-state index contributed by atoms with van der Waals surface area (Å²) in [5, 5.41) is 0. The Labute approximate surface area is 118 Å². The van der Waals surface area contributed by atoms with Gasteiger partial charge in [0.05, 0.1) is 0 Å². The van der Waals surface area contributed by atoms with Crippen LogP contribution in [0, 0.1) is 0 Å². The van der Waals surface area contributed by atoms with Crippen molar-refractivity contribution in [2.45, 2.75) is 16.7 Å². The number of benzene rings is 2. The zero-order valence-electron chi connectivity index (χ0n) is 10.4. The third-order valence-electron chi connectivity index (χ3n) is 2.39. The molecule has 2 heteroatoms. The van der Waals surface area contributed by atoms with Gasteiger partial charge < -0.3 is 0 Å². The van der Waals surface area contributed by atoms with E-state index in [1.165, 1.54) is 14.7 Å². The normalized spacial score (nSPS) is 11.5. The van der Waals surface area contributed by atoms with Crippen LogP contribution in [0.1, 0.15) is 6.92 Å². The maximum absolute atomic E-state index is 2.29. The molecule has 0 saturated heterocycles. The van der Waals surface area contributed by atoms with Crippen LogP contribution in [0.15, 0.2) is 81.4 Å². The second kappa shape index (κ2) is 7.34. The predicted octanol–water partition coefficient (Wildman–Crippen LogP) is 5.47. The largest absolute Gasteiger partial charge is 0.122 e. The van der Waals surface area contributed by atoms with E-state index < -0.39 is 0 Å². The molecule has 0 radical (unpaired) electrons. The van der Waals surface area contributed by atoms with Crippen molar-refractivity contribution in [3.8, 4) is 0 Å². The molecule has 0 amide bonds. The minimum Gasteiger partial charge on any atom is -0.122 e. The van der Waals surface area contributed by atoms with E-state index in [-0.39, 0.29) is 0 Å². The van der Waals surface area contributed by atoms with Gasteiger partial charge in [-0.15, -0.1) is 11.8 Å². The highest BCUT2D eigenvalue weighted by Crippen LogP contribution is 2.26. The molecule has 18 heavy (non-hydrogen) atoms. The molecule has 2 aromatic rings. The number of hydrogen-bond acceptors (Lipinski definition) is 2. The molecule has 0 fully saturated rings. The monoisotopic (exact) mass is 272 g/mol. The van der Waals surface area contributed by atoms with Crippen LogP contribution in [0.3, 0.4) is 0 Å². The molecule has 0 unspecified atom stereocenters. The van der Waals surface area contributed by atoms with Gasteiger partial charge in [-0.25, -0.2) is 0 Å². The second-order valence-electron chi connectivity index (χ2n) is 3.85. The second-order valence-corrected chi connectivity index (χ2v) is 6.27. The van der Waals surface area contributed by atoms with Gasteiger partial charge in [0, 0.05) is 15.5 Å². The zero-order valence-corrected chi connectivity index (χ0v) is 12.0. The molecular formula is C16H16S2. The van der Waals surface area contributed by atoms with E-state index in [1.54, 1.807) is 0 Å². The van der Waals surface area contributed by atoms with Crippen molar-refractivity contribution in [1.82, 2.24) is 0 Å². The van der Waals surface area contributed by atoms with Crippen molar-refractivity contribution < 1.29 is 0 Å². The van der Waals surface area contributed by atoms with Gasteiger partial charge in [-0.1, -0.05) is 54.2 Å². The fraction of sp³-hybridized carbons (Fsp3) is 0.125. The van der Waals surface area contributed by atoms with Crippen molar-refractivity contribution in [2.24, 2.45) is 0 Å². The van der Waals surface area contributed by atoms with Crippen molar-refractivity contribution in [1.29, 1.82) is 0 Å². The van der Waals surface area contributed by atoms with E-state index >= 15 is 0 Å². The molecule has 0 saturated carbocycles. The molecule has 0 aliphatic rings. The summed E-state index contributed by atoms with van der Waals surface area (Å²) < 4.78 is 0. The van der Waals surface area contributed by atoms with Crippen LogP contribution in [-0.2, 0) is 0 Å². The van der Waals surface area contributed by atoms with Gasteiger partial charge in [0.2, 0.25) is 0 Å². The first-order chi connectivity index (χ1) is 8.84. The summed E-state index contributed by atoms with van der Waals surface area (Å²) in [7, 11) is 0. The lowest BCUT2D eigenvalue weighted by molar-refractivity contribution is 1.45. The van der Waals surface area contributed by atoms with Gasteiger partial charge in [0.25, 0.3) is 0 Å². The van der Waals surface area contributed by atoms with Crippen LogP contribution < -0.4 is 0 Å². The SMILES string of the molecule is C/C(=C/CSc1ccccc1)Sc1ccccc1. The molecule has 2 aromatic carbocycles. The van der Waals surface area contributed by atoms with Crippen LogP contribution >= 0.6 is 23.5 Å². The molecule has 92 valence electrons. The highest BCUT2D eigenvalue weighted by Gasteiger charge is 1.95. The molecule has 0 bridgehead atoms. The molecule has 0 spiro atoms. The Morgan fingerprint density at radius 3 is 2.06 bits per heavy atom. The van der Waals surface area contributed by atoms with Gasteiger partial charge in [0.1, 0.15) is 0 Å². The molecule has 0 aliphatic carbocycles. The van der Waals surface area contributed by atoms with Gasteiger partial charge in [-0.05, 0) is 36.1 Å². The van der Waals surface area contributed by atoms with Gasteiger partial charge in [0.15, 0.2) is 0 Å². The smallest absolute Gasteiger partial charge is 0.0171 e. The van der Waals surface area contributed by atoms with E-state index in [2.05, 4.69) is 67.6 Å². The fourth-order valence-corrected chi connectivity index (χ4v) is 3.30. The van der Waals surface area contributed by atoms with E-state index in [0.29, 0.717) is 0 Å². The summed E-state index contributed by atoms with van der Waals surface area (Å²) in [6.07, 6.45) is 2.29. The first kappa shape index (κ1) is 13.3. The molecule has 2 rings (SSSR count). The lowest BCUT2D eigenvalue weighted by atomic mass is 10.4. The van der Waals surface area contributed by atoms with Crippen molar-refractivity contribution in [2.75, 3.05) is 5.75 Å². The number of rotatable bonds is 5. The Kier molecular flexibility index (Phi) is 5.43. The average molecular weight is 272 g/mol. The third-order valence-corrected chi connectivity index (χ3v) is 4.32. The van der Waals surface area contributed by atoms with Crippen molar-refractivity contribution in [3.63, 3.8) is 0 Å². The van der Waals surface area contributed by atoms with Crippen LogP contribution in [0.4, 0.5) is 0 Å². The maximum Gasteiger partial charge on any atom is 0.0171 e. The molecule has 0 heterocycles. The first-order valence-electron chi connectivity index (χ1n) is 5.92. The van der Waals surface area contributed by atoms with Crippen molar-refractivity contribution in [3.05, 3.63) is 71.6 Å². The van der Waals surface area contributed by atoms with Crippen LogP contribution in [0.2, 0.25) is 0 Å². The lowest BCUT2D eigenvalue weighted by Gasteiger charge is -2.02. The van der Waals surface area contributed by atoms with E-state index in [0.717, 1.165) is 5.75 Å². The molecule has 0 nitrogen and oxygen atoms in total. The van der Waals surface area contributed by atoms with Gasteiger partial charge >= 0.3 is 0 Å². The summed E-state index contributed by atoms with van der Waals surface area (Å²) in [6.45, 7) is 2.17. The first-order valence-corrected chi connectivity index (χ1v) is 7.72. The van der Waals surface area contributed by atoms with Crippen LogP contribution in [0.5, 0.6) is 0 Å². The third kappa shape index (κ3) is 4.63. The molecule has 0 aliphatic heterocycles. The predicted molar refractivity (Wildman–Crippen MR) is 83.2 cm³/mol. The summed E-state index contributed by atoms with van der Waals surface area (Å²) >= 11 is 3.70. The minimum atomic E-state index is 1.02. The summed E-state index contributed by atoms with van der Waals surface area (Å²) in [6, 6.07) is 21.0. The minimum absolute atomic E-state index is 1.02. The number of thioether (sulfide) groups is 2. The Hall–Kier alpha value is -1.12. The van der Waals surface area contributed by atoms with Crippen molar-refractivity contribution >= 4 is 23.5 Å². The Morgan fingerprint density at radius 2 is 1.44 bits per heavy atom. The number of hydrogen-bond donors (Lipinski definition) is 0. The lowest BCUT2D eigenvalue weighted by Crippen LogP contribution is -1.76. The number of allylic oxidation sites excluding steroid dienone is 1. The van der Waals surface area contributed by atoms with Crippen LogP contribution in [0.25, 0.3) is 0 Å². The standard InChI is InChI=1S/C16H16S2/c1-14(18-16-10-6-3-7-11-16)12-13-17-15-8-4-2-5-9-15/h2-12H,13H2,1H3/b14-12-. The van der Waals surface area contributed by atoms with E-state index in [9.17, 15) is 0 Å². The van der Waals surface area contributed by atoms with E-state index in [4.69, 9.17) is 0 Å². The summed E-state index contributed by atoms with van der Waals surface area (Å²) in [4.78, 5) is 3.98. The fourth-order valence-electron chi connectivity index (χ4n) is 1.49. The van der Waals surface area contributed by atoms with E-state index in [1.807, 2.05) is 29.6 Å². The topological polar surface area (TPSA) is 0 Å². The van der Waals surface area contributed by atoms with Gasteiger partial charge in [-0.2, -0.15) is 0 Å². The molecule has 0 atom stereocenters. The Morgan fingerprint density at radius 1 is 0.889 bits per heavy atom. The maximum atomic E-state index is 2.29. The summed E-state index contributed by atoms with van der Waals surface area (Å²) in [5.41, 5.74) is 0. The molecular weight excluding hydrogens is 256 g/mol. The Balaban J connectivity index is 1.83. The molecule has 0 N–H and O–H groups in total. The van der Waals surface area contributed by atoms with Gasteiger partial charge in [-0.3, -0.25) is 0 Å². The highest BCUT2D eigenvalue weighted by molar-refractivity contribution is 8.03. The van der Waals surface area contributed by atoms with Crippen LogP contribution in [-0.4, -0.2) is 5.75 Å². The Bertz CT molecular complexity index is 489. The average Bonchev–Trinajstić information content (AvgIpc) is 2.41. The zero-order chi connectivity index (χ0) is 12.6. The molecule has 0 aromatic heterocycles. The summed E-state index contributed by atoms with van der Waals surface area (Å²) in [5.74, 6) is 1.02. The highest BCUT2D eigenvalue weighted by atomic mass is 32.2.